The summed E-state index contributed by atoms with van der Waals surface area (Å²) in [5.74, 6) is 0.876. The number of aryl methyl sites for hydroxylation is 2. The van der Waals surface area contributed by atoms with Crippen molar-refractivity contribution >= 4 is 5.69 Å². The van der Waals surface area contributed by atoms with Gasteiger partial charge in [0, 0.05) is 24.7 Å². The zero-order chi connectivity index (χ0) is 14.8. The first-order chi connectivity index (χ1) is 10.2. The summed E-state index contributed by atoms with van der Waals surface area (Å²) >= 11 is 0. The molecule has 1 unspecified atom stereocenters. The summed E-state index contributed by atoms with van der Waals surface area (Å²) in [6.45, 7) is 5.21. The molecule has 0 bridgehead atoms. The lowest BCUT2D eigenvalue weighted by molar-refractivity contribution is 0.408. The standard InChI is InChI=1S/C17H23N3O/c1-4-20-16(17(21-3)11-18-20)10-13-6-8-15-14(9-13)7-5-12(2)19-15/h6,8-9,11-12,19H,4-5,7,10H2,1-3H3. The highest BCUT2D eigenvalue weighted by Gasteiger charge is 2.16. The van der Waals surface area contributed by atoms with Gasteiger partial charge in [0.15, 0.2) is 5.75 Å². The third-order valence-corrected chi connectivity index (χ3v) is 4.22. The average Bonchev–Trinajstić information content (AvgIpc) is 2.89. The van der Waals surface area contributed by atoms with Crippen LogP contribution in [0.3, 0.4) is 0 Å². The Labute approximate surface area is 126 Å². The van der Waals surface area contributed by atoms with Crippen molar-refractivity contribution in [2.75, 3.05) is 12.4 Å². The van der Waals surface area contributed by atoms with Crippen LogP contribution in [0, 0.1) is 0 Å². The van der Waals surface area contributed by atoms with Gasteiger partial charge in [0.1, 0.15) is 0 Å². The number of methoxy groups -OCH3 is 1. The third-order valence-electron chi connectivity index (χ3n) is 4.22. The van der Waals surface area contributed by atoms with E-state index in [1.54, 1.807) is 13.3 Å². The van der Waals surface area contributed by atoms with E-state index < -0.39 is 0 Å². The summed E-state index contributed by atoms with van der Waals surface area (Å²) < 4.78 is 7.44. The Bertz CT molecular complexity index is 611. The van der Waals surface area contributed by atoms with Crippen LogP contribution in [0.25, 0.3) is 0 Å². The Balaban J connectivity index is 1.87. The Morgan fingerprint density at radius 2 is 2.29 bits per heavy atom. The molecule has 0 spiro atoms. The van der Waals surface area contributed by atoms with Gasteiger partial charge in [-0.2, -0.15) is 5.10 Å². The maximum atomic E-state index is 5.43. The molecule has 4 heteroatoms. The molecule has 1 aromatic heterocycles. The van der Waals surface area contributed by atoms with E-state index >= 15 is 0 Å². The lowest BCUT2D eigenvalue weighted by Gasteiger charge is -2.24. The topological polar surface area (TPSA) is 39.1 Å². The van der Waals surface area contributed by atoms with E-state index in [-0.39, 0.29) is 0 Å². The Kier molecular flexibility index (Phi) is 3.86. The van der Waals surface area contributed by atoms with Crippen molar-refractivity contribution in [1.82, 2.24) is 9.78 Å². The molecule has 0 radical (unpaired) electrons. The lowest BCUT2D eigenvalue weighted by Crippen LogP contribution is -2.21. The van der Waals surface area contributed by atoms with Gasteiger partial charge >= 0.3 is 0 Å². The molecule has 0 saturated carbocycles. The van der Waals surface area contributed by atoms with Crippen LogP contribution in [-0.4, -0.2) is 22.9 Å². The predicted molar refractivity (Wildman–Crippen MR) is 85.1 cm³/mol. The molecule has 2 aromatic rings. The number of nitrogens with one attached hydrogen (secondary N) is 1. The molecule has 1 aliphatic heterocycles. The molecule has 0 amide bonds. The van der Waals surface area contributed by atoms with Crippen molar-refractivity contribution in [2.45, 2.75) is 45.7 Å². The minimum atomic E-state index is 0.574. The van der Waals surface area contributed by atoms with E-state index in [0.29, 0.717) is 6.04 Å². The summed E-state index contributed by atoms with van der Waals surface area (Å²) in [7, 11) is 1.71. The van der Waals surface area contributed by atoms with Gasteiger partial charge in [-0.3, -0.25) is 4.68 Å². The molecule has 1 N–H and O–H groups in total. The first-order valence-corrected chi connectivity index (χ1v) is 7.68. The molecule has 0 saturated heterocycles. The van der Waals surface area contributed by atoms with Crippen LogP contribution >= 0.6 is 0 Å². The van der Waals surface area contributed by atoms with Gasteiger partial charge in [-0.05, 0) is 43.9 Å². The minimum Gasteiger partial charge on any atom is -0.493 e. The summed E-state index contributed by atoms with van der Waals surface area (Å²) in [6, 6.07) is 7.31. The maximum Gasteiger partial charge on any atom is 0.160 e. The molecule has 1 atom stereocenters. The molecule has 0 aliphatic carbocycles. The van der Waals surface area contributed by atoms with E-state index in [9.17, 15) is 0 Å². The second-order valence-corrected chi connectivity index (χ2v) is 5.73. The molecule has 1 aliphatic rings. The number of rotatable bonds is 4. The predicted octanol–water partition coefficient (Wildman–Crippen LogP) is 3.25. The average molecular weight is 285 g/mol. The van der Waals surface area contributed by atoms with Gasteiger partial charge in [-0.25, -0.2) is 0 Å². The SMILES string of the molecule is CCn1ncc(OC)c1Cc1ccc2c(c1)CCC(C)N2. The van der Waals surface area contributed by atoms with Crippen LogP contribution in [0.1, 0.15) is 37.1 Å². The van der Waals surface area contributed by atoms with E-state index in [2.05, 4.69) is 42.5 Å². The van der Waals surface area contributed by atoms with Gasteiger partial charge in [0.05, 0.1) is 19.0 Å². The normalized spacial score (nSPS) is 17.2. The second-order valence-electron chi connectivity index (χ2n) is 5.73. The highest BCUT2D eigenvalue weighted by atomic mass is 16.5. The molecule has 112 valence electrons. The van der Waals surface area contributed by atoms with Crippen LogP contribution < -0.4 is 10.1 Å². The quantitative estimate of drug-likeness (QED) is 0.937. The van der Waals surface area contributed by atoms with Crippen molar-refractivity contribution in [2.24, 2.45) is 0 Å². The molecule has 4 nitrogen and oxygen atoms in total. The Morgan fingerprint density at radius 3 is 3.05 bits per heavy atom. The fraction of sp³-hybridized carbons (Fsp3) is 0.471. The van der Waals surface area contributed by atoms with Crippen LogP contribution in [0.4, 0.5) is 5.69 Å². The van der Waals surface area contributed by atoms with Gasteiger partial charge in [-0.15, -0.1) is 0 Å². The number of nitrogens with zero attached hydrogens (tertiary/aromatic N) is 2. The fourth-order valence-corrected chi connectivity index (χ4v) is 3.02. The molecule has 1 aromatic carbocycles. The molecular formula is C17H23N3O. The highest BCUT2D eigenvalue weighted by molar-refractivity contribution is 5.55. The highest BCUT2D eigenvalue weighted by Crippen LogP contribution is 2.28. The monoisotopic (exact) mass is 285 g/mol. The first kappa shape index (κ1) is 14.0. The fourth-order valence-electron chi connectivity index (χ4n) is 3.02. The van der Waals surface area contributed by atoms with Crippen molar-refractivity contribution in [3.05, 3.63) is 41.2 Å². The van der Waals surface area contributed by atoms with Gasteiger partial charge in [-0.1, -0.05) is 12.1 Å². The van der Waals surface area contributed by atoms with Crippen molar-refractivity contribution in [3.63, 3.8) is 0 Å². The van der Waals surface area contributed by atoms with Gasteiger partial charge < -0.3 is 10.1 Å². The number of ether oxygens (including phenoxy) is 1. The third kappa shape index (κ3) is 2.75. The van der Waals surface area contributed by atoms with E-state index in [1.807, 2.05) is 4.68 Å². The molecule has 2 heterocycles. The molecule has 0 fully saturated rings. The van der Waals surface area contributed by atoms with Crippen LogP contribution in [0.15, 0.2) is 24.4 Å². The summed E-state index contributed by atoms with van der Waals surface area (Å²) in [5, 5.41) is 7.93. The van der Waals surface area contributed by atoms with Crippen molar-refractivity contribution < 1.29 is 4.74 Å². The maximum absolute atomic E-state index is 5.43. The number of benzene rings is 1. The lowest BCUT2D eigenvalue weighted by atomic mass is 9.96. The van der Waals surface area contributed by atoms with E-state index in [1.165, 1.54) is 23.2 Å². The van der Waals surface area contributed by atoms with E-state index in [0.717, 1.165) is 30.8 Å². The van der Waals surface area contributed by atoms with Crippen molar-refractivity contribution in [3.8, 4) is 5.75 Å². The minimum absolute atomic E-state index is 0.574. The van der Waals surface area contributed by atoms with Gasteiger partial charge in [0.25, 0.3) is 0 Å². The summed E-state index contributed by atoms with van der Waals surface area (Å²) in [6.07, 6.45) is 5.02. The largest absolute Gasteiger partial charge is 0.493 e. The number of hydrogen-bond donors (Lipinski definition) is 1. The van der Waals surface area contributed by atoms with Crippen molar-refractivity contribution in [1.29, 1.82) is 0 Å². The van der Waals surface area contributed by atoms with Crippen LogP contribution in [0.2, 0.25) is 0 Å². The number of hydrogen-bond acceptors (Lipinski definition) is 3. The molecular weight excluding hydrogens is 262 g/mol. The Morgan fingerprint density at radius 1 is 1.43 bits per heavy atom. The molecule has 21 heavy (non-hydrogen) atoms. The van der Waals surface area contributed by atoms with Crippen LogP contribution in [0.5, 0.6) is 5.75 Å². The van der Waals surface area contributed by atoms with E-state index in [4.69, 9.17) is 4.74 Å². The summed E-state index contributed by atoms with van der Waals surface area (Å²) in [4.78, 5) is 0. The summed E-state index contributed by atoms with van der Waals surface area (Å²) in [5.41, 5.74) is 5.18. The molecule has 3 rings (SSSR count). The smallest absolute Gasteiger partial charge is 0.160 e. The Hall–Kier alpha value is -1.97. The number of fused-ring (bicyclic) bond motifs is 1. The zero-order valence-electron chi connectivity index (χ0n) is 13.0. The van der Waals surface area contributed by atoms with Gasteiger partial charge in [0.2, 0.25) is 0 Å². The number of anilines is 1. The van der Waals surface area contributed by atoms with Crippen LogP contribution in [-0.2, 0) is 19.4 Å². The first-order valence-electron chi connectivity index (χ1n) is 7.68. The second kappa shape index (κ2) is 5.80. The zero-order valence-corrected chi connectivity index (χ0v) is 13.0. The number of aromatic nitrogens is 2.